The fraction of sp³-hybridized carbons (Fsp3) is 0.200. The van der Waals surface area contributed by atoms with Gasteiger partial charge < -0.3 is 4.74 Å². The molecule has 0 aliphatic heterocycles. The molecular formula is C10H10FNO2. The average molecular weight is 195 g/mol. The van der Waals surface area contributed by atoms with E-state index in [2.05, 4.69) is 9.72 Å². The van der Waals surface area contributed by atoms with Crippen LogP contribution in [0, 0.1) is 5.95 Å². The van der Waals surface area contributed by atoms with Gasteiger partial charge in [0.15, 0.2) is 0 Å². The normalized spacial score (nSPS) is 10.4. The molecule has 0 amide bonds. The average Bonchev–Trinajstić information content (AvgIpc) is 2.21. The minimum Gasteiger partial charge on any atom is -0.469 e. The molecule has 14 heavy (non-hydrogen) atoms. The van der Waals surface area contributed by atoms with Crippen LogP contribution in [0.2, 0.25) is 0 Å². The van der Waals surface area contributed by atoms with Crippen molar-refractivity contribution in [2.24, 2.45) is 0 Å². The van der Waals surface area contributed by atoms with E-state index in [4.69, 9.17) is 0 Å². The van der Waals surface area contributed by atoms with Crippen molar-refractivity contribution >= 4 is 12.0 Å². The molecule has 1 aromatic heterocycles. The smallest absolute Gasteiger partial charge is 0.309 e. The van der Waals surface area contributed by atoms with Crippen molar-refractivity contribution in [3.63, 3.8) is 0 Å². The Labute approximate surface area is 81.2 Å². The van der Waals surface area contributed by atoms with Crippen molar-refractivity contribution in [2.45, 2.75) is 6.42 Å². The molecule has 0 spiro atoms. The highest BCUT2D eigenvalue weighted by Crippen LogP contribution is 2.02. The SMILES string of the molecule is COC(=O)CC=Cc1ccc(F)nc1. The first-order valence-corrected chi connectivity index (χ1v) is 4.07. The van der Waals surface area contributed by atoms with E-state index in [9.17, 15) is 9.18 Å². The molecule has 0 N–H and O–H groups in total. The molecule has 0 atom stereocenters. The second-order valence-electron chi connectivity index (χ2n) is 2.60. The highest BCUT2D eigenvalue weighted by molar-refractivity contribution is 5.72. The number of hydrogen-bond donors (Lipinski definition) is 0. The third kappa shape index (κ3) is 3.35. The fourth-order valence-corrected chi connectivity index (χ4v) is 0.860. The first-order chi connectivity index (χ1) is 6.72. The summed E-state index contributed by atoms with van der Waals surface area (Å²) < 4.78 is 16.8. The first kappa shape index (κ1) is 10.4. The number of aromatic nitrogens is 1. The van der Waals surface area contributed by atoms with Crippen LogP contribution in [0.3, 0.4) is 0 Å². The Morgan fingerprint density at radius 1 is 1.64 bits per heavy atom. The third-order valence-corrected chi connectivity index (χ3v) is 1.57. The van der Waals surface area contributed by atoms with Crippen molar-refractivity contribution in [1.82, 2.24) is 4.98 Å². The van der Waals surface area contributed by atoms with E-state index in [1.54, 1.807) is 18.2 Å². The van der Waals surface area contributed by atoms with Crippen LogP contribution in [0.5, 0.6) is 0 Å². The highest BCUT2D eigenvalue weighted by atomic mass is 19.1. The second-order valence-corrected chi connectivity index (χ2v) is 2.60. The van der Waals surface area contributed by atoms with Crippen molar-refractivity contribution in [3.05, 3.63) is 35.9 Å². The van der Waals surface area contributed by atoms with Crippen molar-refractivity contribution in [2.75, 3.05) is 7.11 Å². The Balaban J connectivity index is 2.52. The molecule has 1 rings (SSSR count). The van der Waals surface area contributed by atoms with Gasteiger partial charge in [0.1, 0.15) is 0 Å². The van der Waals surface area contributed by atoms with Gasteiger partial charge in [-0.15, -0.1) is 0 Å². The molecule has 0 saturated heterocycles. The van der Waals surface area contributed by atoms with E-state index in [-0.39, 0.29) is 12.4 Å². The number of halogens is 1. The van der Waals surface area contributed by atoms with Crippen LogP contribution in [-0.2, 0) is 9.53 Å². The van der Waals surface area contributed by atoms with Crippen LogP contribution in [0.25, 0.3) is 6.08 Å². The number of carbonyl (C=O) groups excluding carboxylic acids is 1. The van der Waals surface area contributed by atoms with Crippen molar-refractivity contribution < 1.29 is 13.9 Å². The molecule has 0 aliphatic rings. The topological polar surface area (TPSA) is 39.2 Å². The lowest BCUT2D eigenvalue weighted by Gasteiger charge is -1.93. The van der Waals surface area contributed by atoms with Gasteiger partial charge in [0.05, 0.1) is 13.5 Å². The summed E-state index contributed by atoms with van der Waals surface area (Å²) in [5, 5.41) is 0. The molecule has 0 unspecified atom stereocenters. The molecule has 74 valence electrons. The summed E-state index contributed by atoms with van der Waals surface area (Å²) in [6.07, 6.45) is 4.92. The zero-order valence-corrected chi connectivity index (χ0v) is 7.74. The summed E-state index contributed by atoms with van der Waals surface area (Å²) in [4.78, 5) is 14.2. The number of nitrogens with zero attached hydrogens (tertiary/aromatic N) is 1. The maximum atomic E-state index is 12.4. The second kappa shape index (κ2) is 5.11. The lowest BCUT2D eigenvalue weighted by Crippen LogP contribution is -1.96. The third-order valence-electron chi connectivity index (χ3n) is 1.57. The lowest BCUT2D eigenvalue weighted by molar-refractivity contribution is -0.139. The summed E-state index contributed by atoms with van der Waals surface area (Å²) in [6, 6.07) is 2.84. The van der Waals surface area contributed by atoms with E-state index >= 15 is 0 Å². The minimum absolute atomic E-state index is 0.202. The van der Waals surface area contributed by atoms with Crippen LogP contribution in [0.1, 0.15) is 12.0 Å². The zero-order chi connectivity index (χ0) is 10.4. The quantitative estimate of drug-likeness (QED) is 0.545. The summed E-state index contributed by atoms with van der Waals surface area (Å²) in [6.45, 7) is 0. The Kier molecular flexibility index (Phi) is 3.79. The van der Waals surface area contributed by atoms with Gasteiger partial charge in [0, 0.05) is 6.20 Å². The van der Waals surface area contributed by atoms with E-state index in [1.807, 2.05) is 0 Å². The molecule has 0 bridgehead atoms. The van der Waals surface area contributed by atoms with Gasteiger partial charge in [-0.3, -0.25) is 4.79 Å². The molecular weight excluding hydrogens is 185 g/mol. The van der Waals surface area contributed by atoms with Crippen LogP contribution in [-0.4, -0.2) is 18.1 Å². The monoisotopic (exact) mass is 195 g/mol. The number of ether oxygens (including phenoxy) is 1. The molecule has 1 aromatic rings. The van der Waals surface area contributed by atoms with E-state index in [1.165, 1.54) is 19.4 Å². The molecule has 0 aromatic carbocycles. The van der Waals surface area contributed by atoms with Gasteiger partial charge in [0.25, 0.3) is 0 Å². The summed E-state index contributed by atoms with van der Waals surface area (Å²) in [5.41, 5.74) is 0.746. The summed E-state index contributed by atoms with van der Waals surface area (Å²) >= 11 is 0. The minimum atomic E-state index is -0.518. The van der Waals surface area contributed by atoms with Gasteiger partial charge in [-0.25, -0.2) is 4.98 Å². The molecule has 3 nitrogen and oxygen atoms in total. The molecule has 0 saturated carbocycles. The van der Waals surface area contributed by atoms with E-state index in [0.29, 0.717) is 0 Å². The zero-order valence-electron chi connectivity index (χ0n) is 7.74. The van der Waals surface area contributed by atoms with Crippen LogP contribution in [0.4, 0.5) is 4.39 Å². The van der Waals surface area contributed by atoms with Gasteiger partial charge in [0.2, 0.25) is 5.95 Å². The van der Waals surface area contributed by atoms with Crippen molar-refractivity contribution in [3.8, 4) is 0 Å². The van der Waals surface area contributed by atoms with Gasteiger partial charge in [-0.05, 0) is 17.7 Å². The van der Waals surface area contributed by atoms with Crippen molar-refractivity contribution in [1.29, 1.82) is 0 Å². The van der Waals surface area contributed by atoms with Crippen LogP contribution >= 0.6 is 0 Å². The number of pyridine rings is 1. The van der Waals surface area contributed by atoms with E-state index in [0.717, 1.165) is 5.56 Å². The number of esters is 1. The predicted molar refractivity (Wildman–Crippen MR) is 49.9 cm³/mol. The maximum absolute atomic E-state index is 12.4. The maximum Gasteiger partial charge on any atom is 0.309 e. The molecule has 4 heteroatoms. The molecule has 0 aliphatic carbocycles. The largest absolute Gasteiger partial charge is 0.469 e. The van der Waals surface area contributed by atoms with Crippen LogP contribution in [0.15, 0.2) is 24.4 Å². The van der Waals surface area contributed by atoms with Gasteiger partial charge >= 0.3 is 5.97 Å². The van der Waals surface area contributed by atoms with Gasteiger partial charge in [-0.1, -0.05) is 12.2 Å². The number of carbonyl (C=O) groups is 1. The fourth-order valence-electron chi connectivity index (χ4n) is 0.860. The Bertz CT molecular complexity index is 332. The Hall–Kier alpha value is -1.71. The number of hydrogen-bond acceptors (Lipinski definition) is 3. The molecule has 0 radical (unpaired) electrons. The Morgan fingerprint density at radius 2 is 2.43 bits per heavy atom. The Morgan fingerprint density at radius 3 is 3.00 bits per heavy atom. The predicted octanol–water partition coefficient (Wildman–Crippen LogP) is 1.80. The summed E-state index contributed by atoms with van der Waals surface area (Å²) in [5.74, 6) is -0.827. The van der Waals surface area contributed by atoms with Gasteiger partial charge in [-0.2, -0.15) is 4.39 Å². The highest BCUT2D eigenvalue weighted by Gasteiger charge is 1.94. The summed E-state index contributed by atoms with van der Waals surface area (Å²) in [7, 11) is 1.33. The van der Waals surface area contributed by atoms with E-state index < -0.39 is 5.95 Å². The molecule has 1 heterocycles. The standard InChI is InChI=1S/C10H10FNO2/c1-14-10(13)4-2-3-8-5-6-9(11)12-7-8/h2-3,5-7H,4H2,1H3. The molecule has 0 fully saturated rings. The lowest BCUT2D eigenvalue weighted by atomic mass is 10.2. The van der Waals surface area contributed by atoms with Crippen LogP contribution < -0.4 is 0 Å². The first-order valence-electron chi connectivity index (χ1n) is 4.07. The number of methoxy groups -OCH3 is 1. The number of rotatable bonds is 3.